The molecular formula is C11H15BrN2O2S. The summed E-state index contributed by atoms with van der Waals surface area (Å²) in [4.78, 5) is 0.145. The first-order valence-electron chi connectivity index (χ1n) is 5.54. The van der Waals surface area contributed by atoms with E-state index >= 15 is 0 Å². The molecule has 0 spiro atoms. The molecule has 0 unspecified atom stereocenters. The van der Waals surface area contributed by atoms with Gasteiger partial charge in [0.05, 0.1) is 5.69 Å². The highest BCUT2D eigenvalue weighted by atomic mass is 79.9. The van der Waals surface area contributed by atoms with E-state index in [2.05, 4.69) is 20.7 Å². The van der Waals surface area contributed by atoms with E-state index < -0.39 is 10.0 Å². The van der Waals surface area contributed by atoms with Gasteiger partial charge < -0.3 is 5.73 Å². The van der Waals surface area contributed by atoms with Crippen LogP contribution in [0.5, 0.6) is 0 Å². The molecule has 1 aliphatic rings. The molecule has 1 aromatic carbocycles. The van der Waals surface area contributed by atoms with Gasteiger partial charge in [-0.05, 0) is 37.0 Å². The molecule has 6 heteroatoms. The van der Waals surface area contributed by atoms with Crippen molar-refractivity contribution >= 4 is 31.6 Å². The second-order valence-corrected chi connectivity index (χ2v) is 6.98. The summed E-state index contributed by atoms with van der Waals surface area (Å²) in [6.07, 6.45) is 3.42. The third-order valence-electron chi connectivity index (χ3n) is 3.05. The van der Waals surface area contributed by atoms with Crippen LogP contribution in [0.3, 0.4) is 0 Å². The van der Waals surface area contributed by atoms with Crippen LogP contribution in [-0.4, -0.2) is 15.0 Å². The van der Waals surface area contributed by atoms with Crippen molar-refractivity contribution in [3.8, 4) is 0 Å². The van der Waals surface area contributed by atoms with Crippen LogP contribution in [0.2, 0.25) is 0 Å². The van der Waals surface area contributed by atoms with E-state index in [4.69, 9.17) is 5.73 Å². The molecule has 1 fully saturated rings. The molecule has 3 N–H and O–H groups in total. The number of nitrogens with one attached hydrogen (secondary N) is 1. The predicted molar refractivity (Wildman–Crippen MR) is 71.1 cm³/mol. The van der Waals surface area contributed by atoms with Crippen LogP contribution in [0.15, 0.2) is 27.6 Å². The van der Waals surface area contributed by atoms with E-state index in [1.807, 2.05) is 0 Å². The molecule has 0 bridgehead atoms. The van der Waals surface area contributed by atoms with Gasteiger partial charge in [0.2, 0.25) is 10.0 Å². The zero-order chi connectivity index (χ0) is 12.5. The molecule has 0 heterocycles. The molecule has 1 saturated carbocycles. The van der Waals surface area contributed by atoms with Gasteiger partial charge in [0, 0.05) is 11.0 Å². The average molecular weight is 319 g/mol. The number of nitrogens with two attached hydrogens (primary N) is 1. The highest BCUT2D eigenvalue weighted by Crippen LogP contribution is 2.27. The molecule has 0 amide bonds. The molecule has 1 aliphatic carbocycles. The minimum atomic E-state index is -3.49. The van der Waals surface area contributed by atoms with E-state index in [1.54, 1.807) is 12.1 Å². The van der Waals surface area contributed by atoms with Gasteiger partial charge in [0.15, 0.2) is 0 Å². The van der Waals surface area contributed by atoms with Crippen LogP contribution >= 0.6 is 15.9 Å². The number of sulfonamides is 1. The summed E-state index contributed by atoms with van der Waals surface area (Å²) in [5.41, 5.74) is 5.96. The Kier molecular flexibility index (Phi) is 3.75. The Morgan fingerprint density at radius 1 is 1.41 bits per heavy atom. The van der Waals surface area contributed by atoms with Gasteiger partial charge in [-0.1, -0.05) is 22.4 Å². The largest absolute Gasteiger partial charge is 0.398 e. The number of nitrogen functional groups attached to an aromatic ring is 1. The zero-order valence-electron chi connectivity index (χ0n) is 9.32. The molecule has 0 aliphatic heterocycles. The van der Waals surface area contributed by atoms with Crippen LogP contribution in [0.25, 0.3) is 0 Å². The van der Waals surface area contributed by atoms with Crippen molar-refractivity contribution in [2.75, 3.05) is 12.3 Å². The van der Waals surface area contributed by atoms with Crippen LogP contribution in [0.1, 0.15) is 19.3 Å². The molecule has 0 saturated heterocycles. The summed E-state index contributed by atoms with van der Waals surface area (Å²) in [7, 11) is -3.49. The first-order valence-corrected chi connectivity index (χ1v) is 7.81. The second-order valence-electron chi connectivity index (χ2n) is 4.33. The summed E-state index contributed by atoms with van der Waals surface area (Å²) in [6.45, 7) is 0.508. The Morgan fingerprint density at radius 3 is 2.71 bits per heavy atom. The van der Waals surface area contributed by atoms with Crippen molar-refractivity contribution in [1.82, 2.24) is 4.72 Å². The van der Waals surface area contributed by atoms with Gasteiger partial charge in [-0.3, -0.25) is 0 Å². The van der Waals surface area contributed by atoms with Gasteiger partial charge in [-0.15, -0.1) is 0 Å². The van der Waals surface area contributed by atoms with Gasteiger partial charge in [-0.25, -0.2) is 13.1 Å². The molecule has 0 aromatic heterocycles. The monoisotopic (exact) mass is 318 g/mol. The molecule has 2 rings (SSSR count). The minimum Gasteiger partial charge on any atom is -0.398 e. The fourth-order valence-corrected chi connectivity index (χ4v) is 3.53. The van der Waals surface area contributed by atoms with Gasteiger partial charge >= 0.3 is 0 Å². The lowest BCUT2D eigenvalue weighted by atomic mass is 9.86. The van der Waals surface area contributed by atoms with Crippen LogP contribution in [0.4, 0.5) is 5.69 Å². The lowest BCUT2D eigenvalue weighted by Gasteiger charge is -2.25. The van der Waals surface area contributed by atoms with E-state index in [1.165, 1.54) is 12.5 Å². The number of rotatable bonds is 4. The van der Waals surface area contributed by atoms with Crippen LogP contribution in [0, 0.1) is 5.92 Å². The quantitative estimate of drug-likeness (QED) is 0.835. The van der Waals surface area contributed by atoms with Gasteiger partial charge in [-0.2, -0.15) is 0 Å². The SMILES string of the molecule is Nc1ccc(Br)cc1S(=O)(=O)NCC1CCC1. The maximum Gasteiger partial charge on any atom is 0.242 e. The molecular weight excluding hydrogens is 304 g/mol. The van der Waals surface area contributed by atoms with Crippen molar-refractivity contribution < 1.29 is 8.42 Å². The smallest absolute Gasteiger partial charge is 0.242 e. The third kappa shape index (κ3) is 3.00. The Morgan fingerprint density at radius 2 is 2.12 bits per heavy atom. The summed E-state index contributed by atoms with van der Waals surface area (Å²) < 4.78 is 27.4. The molecule has 94 valence electrons. The maximum atomic E-state index is 12.0. The first kappa shape index (κ1) is 12.9. The third-order valence-corrected chi connectivity index (χ3v) is 5.02. The standard InChI is InChI=1S/C11H15BrN2O2S/c12-9-4-5-10(13)11(6-9)17(15,16)14-7-8-2-1-3-8/h4-6,8,14H,1-3,7,13H2. The number of hydrogen-bond acceptors (Lipinski definition) is 3. The van der Waals surface area contributed by atoms with Crippen molar-refractivity contribution in [3.05, 3.63) is 22.7 Å². The number of halogens is 1. The molecule has 0 radical (unpaired) electrons. The van der Waals surface area contributed by atoms with Crippen LogP contribution < -0.4 is 10.5 Å². The highest BCUT2D eigenvalue weighted by molar-refractivity contribution is 9.10. The van der Waals surface area contributed by atoms with Crippen molar-refractivity contribution in [2.24, 2.45) is 5.92 Å². The molecule has 4 nitrogen and oxygen atoms in total. The molecule has 17 heavy (non-hydrogen) atoms. The van der Waals surface area contributed by atoms with E-state index in [-0.39, 0.29) is 10.6 Å². The maximum absolute atomic E-state index is 12.0. The number of hydrogen-bond donors (Lipinski definition) is 2. The van der Waals surface area contributed by atoms with E-state index in [0.717, 1.165) is 12.8 Å². The van der Waals surface area contributed by atoms with Crippen LogP contribution in [-0.2, 0) is 10.0 Å². The lowest BCUT2D eigenvalue weighted by molar-refractivity contribution is 0.316. The Balaban J connectivity index is 2.15. The second kappa shape index (κ2) is 4.96. The number of anilines is 1. The Bertz CT molecular complexity index is 512. The fourth-order valence-electron chi connectivity index (χ4n) is 1.74. The Hall–Kier alpha value is -0.590. The first-order chi connectivity index (χ1) is 7.99. The number of benzene rings is 1. The lowest BCUT2D eigenvalue weighted by Crippen LogP contribution is -2.32. The van der Waals surface area contributed by atoms with E-state index in [9.17, 15) is 8.42 Å². The highest BCUT2D eigenvalue weighted by Gasteiger charge is 2.22. The fraction of sp³-hybridized carbons (Fsp3) is 0.455. The summed E-state index contributed by atoms with van der Waals surface area (Å²) in [6, 6.07) is 4.83. The van der Waals surface area contributed by atoms with Gasteiger partial charge in [0.1, 0.15) is 4.90 Å². The minimum absolute atomic E-state index is 0.145. The summed E-state index contributed by atoms with van der Waals surface area (Å²) in [5.74, 6) is 0.484. The summed E-state index contributed by atoms with van der Waals surface area (Å²) in [5, 5.41) is 0. The average Bonchev–Trinajstić information content (AvgIpc) is 2.19. The van der Waals surface area contributed by atoms with Crippen molar-refractivity contribution in [2.45, 2.75) is 24.2 Å². The van der Waals surface area contributed by atoms with Gasteiger partial charge in [0.25, 0.3) is 0 Å². The normalized spacial score (nSPS) is 16.8. The predicted octanol–water partition coefficient (Wildman–Crippen LogP) is 2.11. The van der Waals surface area contributed by atoms with Crippen molar-refractivity contribution in [3.63, 3.8) is 0 Å². The topological polar surface area (TPSA) is 72.2 Å². The summed E-state index contributed by atoms with van der Waals surface area (Å²) >= 11 is 3.25. The molecule has 0 atom stereocenters. The molecule has 1 aromatic rings. The Labute approximate surface area is 110 Å². The van der Waals surface area contributed by atoms with E-state index in [0.29, 0.717) is 16.9 Å². The van der Waals surface area contributed by atoms with Crippen molar-refractivity contribution in [1.29, 1.82) is 0 Å². The zero-order valence-corrected chi connectivity index (χ0v) is 11.7.